The number of rotatable bonds is 5. The molecule has 2 heterocycles. The van der Waals surface area contributed by atoms with Gasteiger partial charge in [-0.25, -0.2) is 14.8 Å². The van der Waals surface area contributed by atoms with Crippen molar-refractivity contribution in [3.63, 3.8) is 0 Å². The van der Waals surface area contributed by atoms with Crippen LogP contribution in [-0.2, 0) is 20.5 Å². The largest absolute Gasteiger partial charge is 0.332 e. The minimum Gasteiger partial charge on any atom is -0.280 e. The maximum atomic E-state index is 12.4. The van der Waals surface area contributed by atoms with Crippen LogP contribution in [0.3, 0.4) is 0 Å². The average molecular weight is 308 g/mol. The Kier molecular flexibility index (Phi) is 4.82. The van der Waals surface area contributed by atoms with Gasteiger partial charge in [0.05, 0.1) is 0 Å². The van der Waals surface area contributed by atoms with E-state index in [1.54, 1.807) is 7.05 Å². The summed E-state index contributed by atoms with van der Waals surface area (Å²) in [4.78, 5) is 33.4. The molecule has 6 nitrogen and oxygen atoms in total. The third kappa shape index (κ3) is 2.88. The Morgan fingerprint density at radius 3 is 2.43 bits per heavy atom. The highest BCUT2D eigenvalue weighted by molar-refractivity contribution is 7.99. The summed E-state index contributed by atoms with van der Waals surface area (Å²) in [6.07, 6.45) is 2.79. The van der Waals surface area contributed by atoms with Gasteiger partial charge in [0.15, 0.2) is 5.65 Å². The molecule has 0 aliphatic heterocycles. The standard InChI is InChI=1S/C14H20N4O2S/c1-5-7-8-9-15-11-10(12(16-9)21-6-2)13(19)18(4)14(20)17(11)3/h5-8H2,1-4H3. The number of aromatic nitrogens is 4. The maximum Gasteiger partial charge on any atom is 0.332 e. The molecule has 7 heteroatoms. The van der Waals surface area contributed by atoms with Gasteiger partial charge in [0, 0.05) is 20.5 Å². The SMILES string of the molecule is CCCCc1nc(SCC)c2c(=O)n(C)c(=O)n(C)c2n1. The lowest BCUT2D eigenvalue weighted by Crippen LogP contribution is -2.37. The van der Waals surface area contributed by atoms with Gasteiger partial charge in [0.1, 0.15) is 16.2 Å². The molecule has 114 valence electrons. The molecule has 0 amide bonds. The highest BCUT2D eigenvalue weighted by atomic mass is 32.2. The van der Waals surface area contributed by atoms with Gasteiger partial charge in [0.2, 0.25) is 0 Å². The van der Waals surface area contributed by atoms with Crippen LogP contribution in [0, 0.1) is 0 Å². The highest BCUT2D eigenvalue weighted by Gasteiger charge is 2.16. The molecule has 21 heavy (non-hydrogen) atoms. The van der Waals surface area contributed by atoms with Gasteiger partial charge in [-0.3, -0.25) is 13.9 Å². The molecule has 0 radical (unpaired) electrons. The van der Waals surface area contributed by atoms with E-state index in [2.05, 4.69) is 16.9 Å². The molecule has 0 fully saturated rings. The van der Waals surface area contributed by atoms with Crippen LogP contribution < -0.4 is 11.2 Å². The average Bonchev–Trinajstić information content (AvgIpc) is 2.48. The van der Waals surface area contributed by atoms with E-state index in [0.717, 1.165) is 29.6 Å². The number of aryl methyl sites for hydroxylation is 2. The zero-order valence-corrected chi connectivity index (χ0v) is 13.7. The molecular weight excluding hydrogens is 288 g/mol. The fraction of sp³-hybridized carbons (Fsp3) is 0.571. The van der Waals surface area contributed by atoms with Crippen LogP contribution in [0.15, 0.2) is 14.6 Å². The molecular formula is C14H20N4O2S. The second-order valence-corrected chi connectivity index (χ2v) is 6.14. The third-order valence-electron chi connectivity index (χ3n) is 3.35. The van der Waals surface area contributed by atoms with Gasteiger partial charge in [0.25, 0.3) is 5.56 Å². The number of hydrogen-bond acceptors (Lipinski definition) is 5. The van der Waals surface area contributed by atoms with Crippen molar-refractivity contribution in [2.24, 2.45) is 14.1 Å². The van der Waals surface area contributed by atoms with E-state index in [0.29, 0.717) is 21.9 Å². The van der Waals surface area contributed by atoms with E-state index >= 15 is 0 Å². The number of nitrogens with zero attached hydrogens (tertiary/aromatic N) is 4. The van der Waals surface area contributed by atoms with Gasteiger partial charge in [-0.2, -0.15) is 0 Å². The zero-order chi connectivity index (χ0) is 15.6. The Hall–Kier alpha value is -1.63. The summed E-state index contributed by atoms with van der Waals surface area (Å²) < 4.78 is 2.53. The summed E-state index contributed by atoms with van der Waals surface area (Å²) >= 11 is 1.51. The van der Waals surface area contributed by atoms with Crippen LogP contribution in [0.4, 0.5) is 0 Å². The van der Waals surface area contributed by atoms with Gasteiger partial charge in [-0.1, -0.05) is 20.3 Å². The molecule has 0 saturated heterocycles. The number of fused-ring (bicyclic) bond motifs is 1. The third-order valence-corrected chi connectivity index (χ3v) is 4.21. The highest BCUT2D eigenvalue weighted by Crippen LogP contribution is 2.22. The minimum absolute atomic E-state index is 0.328. The Labute approximate surface area is 127 Å². The van der Waals surface area contributed by atoms with E-state index < -0.39 is 0 Å². The first-order chi connectivity index (χ1) is 10.0. The van der Waals surface area contributed by atoms with E-state index in [1.807, 2.05) is 6.92 Å². The summed E-state index contributed by atoms with van der Waals surface area (Å²) in [7, 11) is 3.12. The van der Waals surface area contributed by atoms with Crippen molar-refractivity contribution in [3.05, 3.63) is 26.7 Å². The minimum atomic E-state index is -0.361. The molecule has 0 unspecified atom stereocenters. The molecule has 0 saturated carbocycles. The van der Waals surface area contributed by atoms with Gasteiger partial charge in [-0.15, -0.1) is 11.8 Å². The molecule has 0 aromatic carbocycles. The van der Waals surface area contributed by atoms with E-state index in [-0.39, 0.29) is 11.2 Å². The van der Waals surface area contributed by atoms with E-state index in [1.165, 1.54) is 23.4 Å². The fourth-order valence-corrected chi connectivity index (χ4v) is 2.93. The smallest absolute Gasteiger partial charge is 0.280 e. The summed E-state index contributed by atoms with van der Waals surface area (Å²) in [5.41, 5.74) is -0.258. The Bertz CT molecular complexity index is 779. The normalized spacial score (nSPS) is 11.2. The first-order valence-electron chi connectivity index (χ1n) is 7.10. The summed E-state index contributed by atoms with van der Waals surface area (Å²) in [5.74, 6) is 1.51. The van der Waals surface area contributed by atoms with E-state index in [4.69, 9.17) is 0 Å². The lowest BCUT2D eigenvalue weighted by atomic mass is 10.2. The van der Waals surface area contributed by atoms with Crippen molar-refractivity contribution in [3.8, 4) is 0 Å². The van der Waals surface area contributed by atoms with Crippen LogP contribution in [0.2, 0.25) is 0 Å². The van der Waals surface area contributed by atoms with Crippen LogP contribution in [0.25, 0.3) is 11.0 Å². The van der Waals surface area contributed by atoms with Crippen molar-refractivity contribution in [2.45, 2.75) is 38.1 Å². The Balaban J connectivity index is 2.82. The molecule has 2 aromatic rings. The molecule has 0 N–H and O–H groups in total. The quantitative estimate of drug-likeness (QED) is 0.618. The maximum absolute atomic E-state index is 12.4. The Morgan fingerprint density at radius 2 is 1.81 bits per heavy atom. The zero-order valence-electron chi connectivity index (χ0n) is 12.8. The van der Waals surface area contributed by atoms with Crippen molar-refractivity contribution in [1.82, 2.24) is 19.1 Å². The molecule has 2 rings (SSSR count). The predicted molar refractivity (Wildman–Crippen MR) is 85.0 cm³/mol. The molecule has 0 aliphatic rings. The monoisotopic (exact) mass is 308 g/mol. The summed E-state index contributed by atoms with van der Waals surface area (Å²) in [6, 6.07) is 0. The fourth-order valence-electron chi connectivity index (χ4n) is 2.16. The van der Waals surface area contributed by atoms with Gasteiger partial charge >= 0.3 is 5.69 Å². The Morgan fingerprint density at radius 1 is 1.10 bits per heavy atom. The number of unbranched alkanes of at least 4 members (excludes halogenated alkanes) is 1. The van der Waals surface area contributed by atoms with Crippen molar-refractivity contribution in [1.29, 1.82) is 0 Å². The van der Waals surface area contributed by atoms with Crippen LogP contribution in [0.5, 0.6) is 0 Å². The second-order valence-electron chi connectivity index (χ2n) is 4.89. The van der Waals surface area contributed by atoms with Crippen molar-refractivity contribution in [2.75, 3.05) is 5.75 Å². The van der Waals surface area contributed by atoms with Crippen molar-refractivity contribution >= 4 is 22.8 Å². The van der Waals surface area contributed by atoms with Crippen LogP contribution in [0.1, 0.15) is 32.5 Å². The summed E-state index contributed by atoms with van der Waals surface area (Å²) in [5, 5.41) is 1.11. The second kappa shape index (κ2) is 6.43. The summed E-state index contributed by atoms with van der Waals surface area (Å²) in [6.45, 7) is 4.12. The topological polar surface area (TPSA) is 69.8 Å². The number of hydrogen-bond donors (Lipinski definition) is 0. The predicted octanol–water partition coefficient (Wildman–Crippen LogP) is 1.48. The molecule has 0 spiro atoms. The molecule has 2 aromatic heterocycles. The first-order valence-corrected chi connectivity index (χ1v) is 8.09. The van der Waals surface area contributed by atoms with E-state index in [9.17, 15) is 9.59 Å². The van der Waals surface area contributed by atoms with Gasteiger partial charge in [-0.05, 0) is 12.2 Å². The number of thioether (sulfide) groups is 1. The lowest BCUT2D eigenvalue weighted by Gasteiger charge is -2.11. The van der Waals surface area contributed by atoms with Crippen LogP contribution >= 0.6 is 11.8 Å². The molecule has 0 atom stereocenters. The first kappa shape index (κ1) is 15.8. The molecule has 0 bridgehead atoms. The van der Waals surface area contributed by atoms with Crippen molar-refractivity contribution < 1.29 is 0 Å². The van der Waals surface area contributed by atoms with Gasteiger partial charge < -0.3 is 0 Å². The van der Waals surface area contributed by atoms with Crippen LogP contribution in [-0.4, -0.2) is 24.9 Å². The molecule has 0 aliphatic carbocycles. The lowest BCUT2D eigenvalue weighted by molar-refractivity contribution is 0.690.